The second-order valence-corrected chi connectivity index (χ2v) is 12.5. The summed E-state index contributed by atoms with van der Waals surface area (Å²) in [4.78, 5) is 43.1. The molecule has 2 aliphatic heterocycles. The van der Waals surface area contributed by atoms with Crippen LogP contribution in [0.4, 0.5) is 0 Å². The van der Waals surface area contributed by atoms with Crippen molar-refractivity contribution in [1.82, 2.24) is 44.6 Å². The summed E-state index contributed by atoms with van der Waals surface area (Å²) < 4.78 is 28.6. The predicted molar refractivity (Wildman–Crippen MR) is 144 cm³/mol. The Labute approximate surface area is 229 Å². The molecule has 0 spiro atoms. The fourth-order valence-corrected chi connectivity index (χ4v) is 6.35. The van der Waals surface area contributed by atoms with Crippen LogP contribution in [0.2, 0.25) is 0 Å². The minimum atomic E-state index is -3.18. The third-order valence-corrected chi connectivity index (χ3v) is 9.14. The molecule has 3 aromatic rings. The average Bonchev–Trinajstić information content (AvgIpc) is 3.49. The van der Waals surface area contributed by atoms with Gasteiger partial charge < -0.3 is 14.2 Å². The number of morpholine rings is 1. The maximum atomic E-state index is 13.5. The SMILES string of the molecule is Cc1cn(C2CN(C)C[C@@H](CO[P@](C)(=O)N3CCN(C(=O)c4ccc(-c5nn[nH]n5)cc4)CC3)O2)c(=O)[nH]c1=O. The number of aromatic nitrogens is 6. The lowest BCUT2D eigenvalue weighted by Crippen LogP contribution is -2.49. The molecular weight excluding hydrogens is 541 g/mol. The Morgan fingerprint density at radius 2 is 1.88 bits per heavy atom. The number of carbonyl (C=O) groups is 1. The number of hydrogen-bond donors (Lipinski definition) is 2. The molecule has 40 heavy (non-hydrogen) atoms. The molecule has 1 unspecified atom stereocenters. The van der Waals surface area contributed by atoms with Crippen molar-refractivity contribution >= 4 is 13.4 Å². The Balaban J connectivity index is 1.14. The summed E-state index contributed by atoms with van der Waals surface area (Å²) in [5, 5.41) is 13.8. The zero-order valence-electron chi connectivity index (χ0n) is 22.5. The van der Waals surface area contributed by atoms with E-state index in [4.69, 9.17) is 9.26 Å². The zero-order chi connectivity index (χ0) is 28.4. The average molecular weight is 574 g/mol. The molecule has 1 amide bonds. The Morgan fingerprint density at radius 1 is 1.15 bits per heavy atom. The number of aromatic amines is 2. The summed E-state index contributed by atoms with van der Waals surface area (Å²) in [7, 11) is -1.28. The van der Waals surface area contributed by atoms with Gasteiger partial charge in [0.2, 0.25) is 5.82 Å². The summed E-state index contributed by atoms with van der Waals surface area (Å²) >= 11 is 0. The molecule has 15 nitrogen and oxygen atoms in total. The number of amides is 1. The number of likely N-dealkylation sites (N-methyl/N-ethyl adjacent to an activating group) is 1. The second kappa shape index (κ2) is 11.6. The number of benzene rings is 1. The summed E-state index contributed by atoms with van der Waals surface area (Å²) in [6.45, 7) is 5.86. The van der Waals surface area contributed by atoms with E-state index in [0.717, 1.165) is 5.56 Å². The topological polar surface area (TPSA) is 172 Å². The van der Waals surface area contributed by atoms with E-state index in [9.17, 15) is 18.9 Å². The highest BCUT2D eigenvalue weighted by atomic mass is 31.2. The number of H-pyrrole nitrogens is 2. The lowest BCUT2D eigenvalue weighted by Gasteiger charge is -2.39. The van der Waals surface area contributed by atoms with Crippen LogP contribution in [-0.2, 0) is 13.8 Å². The van der Waals surface area contributed by atoms with Gasteiger partial charge in [-0.3, -0.25) is 28.6 Å². The third kappa shape index (κ3) is 6.13. The maximum absolute atomic E-state index is 13.5. The minimum Gasteiger partial charge on any atom is -0.350 e. The van der Waals surface area contributed by atoms with Crippen LogP contribution in [0.15, 0.2) is 40.1 Å². The number of aryl methyl sites for hydroxylation is 1. The zero-order valence-corrected chi connectivity index (χ0v) is 23.4. The van der Waals surface area contributed by atoms with Crippen molar-refractivity contribution in [3.63, 3.8) is 0 Å². The number of tetrazole rings is 1. The van der Waals surface area contributed by atoms with E-state index in [2.05, 4.69) is 25.6 Å². The number of nitrogens with zero attached hydrogens (tertiary/aromatic N) is 7. The normalized spacial score (nSPS) is 22.2. The fourth-order valence-electron chi connectivity index (χ4n) is 4.84. The van der Waals surface area contributed by atoms with Gasteiger partial charge in [0.05, 0.1) is 12.7 Å². The lowest BCUT2D eigenvalue weighted by molar-refractivity contribution is -0.128. The molecule has 214 valence electrons. The van der Waals surface area contributed by atoms with Gasteiger partial charge in [-0.25, -0.2) is 9.46 Å². The van der Waals surface area contributed by atoms with Crippen LogP contribution in [-0.4, -0.2) is 116 Å². The highest BCUT2D eigenvalue weighted by Crippen LogP contribution is 2.47. The van der Waals surface area contributed by atoms with Crippen LogP contribution in [0.3, 0.4) is 0 Å². The Bertz CT molecular complexity index is 1500. The summed E-state index contributed by atoms with van der Waals surface area (Å²) in [5.41, 5.74) is 0.714. The molecule has 5 rings (SSSR count). The molecule has 2 fully saturated rings. The number of piperazine rings is 1. The number of ether oxygens (including phenoxy) is 1. The van der Waals surface area contributed by atoms with E-state index >= 15 is 0 Å². The van der Waals surface area contributed by atoms with Gasteiger partial charge in [0, 0.05) is 68.8 Å². The van der Waals surface area contributed by atoms with Crippen molar-refractivity contribution in [1.29, 1.82) is 0 Å². The molecule has 16 heteroatoms. The molecule has 2 N–H and O–H groups in total. The van der Waals surface area contributed by atoms with Crippen molar-refractivity contribution in [3.05, 3.63) is 62.4 Å². The van der Waals surface area contributed by atoms with E-state index < -0.39 is 31.1 Å². The second-order valence-electron chi connectivity index (χ2n) is 10.1. The van der Waals surface area contributed by atoms with Gasteiger partial charge in [0.15, 0.2) is 6.23 Å². The molecule has 4 heterocycles. The minimum absolute atomic E-state index is 0.0670. The molecule has 3 atom stereocenters. The lowest BCUT2D eigenvalue weighted by atomic mass is 10.1. The molecule has 2 aliphatic rings. The Morgan fingerprint density at radius 3 is 2.55 bits per heavy atom. The summed E-state index contributed by atoms with van der Waals surface area (Å²) in [5.74, 6) is 0.344. The Kier molecular flexibility index (Phi) is 8.10. The number of rotatable bonds is 7. The third-order valence-electron chi connectivity index (χ3n) is 7.08. The van der Waals surface area contributed by atoms with Gasteiger partial charge in [0.25, 0.3) is 19.0 Å². The first-order valence-electron chi connectivity index (χ1n) is 12.9. The molecular formula is C24H32N9O6P. The van der Waals surface area contributed by atoms with Crippen LogP contribution >= 0.6 is 7.52 Å². The first kappa shape index (κ1) is 28.1. The molecule has 2 aromatic heterocycles. The van der Waals surface area contributed by atoms with Crippen molar-refractivity contribution in [3.8, 4) is 11.4 Å². The number of hydrogen-bond acceptors (Lipinski definition) is 10. The first-order chi connectivity index (χ1) is 19.1. The molecule has 0 saturated carbocycles. The molecule has 1 aromatic carbocycles. The fraction of sp³-hybridized carbons (Fsp3) is 0.500. The van der Waals surface area contributed by atoms with Crippen LogP contribution in [0.5, 0.6) is 0 Å². The van der Waals surface area contributed by atoms with Crippen LogP contribution in [0.1, 0.15) is 22.1 Å². The van der Waals surface area contributed by atoms with Gasteiger partial charge in [-0.05, 0) is 31.3 Å². The predicted octanol–water partition coefficient (Wildman–Crippen LogP) is 0.152. The van der Waals surface area contributed by atoms with Crippen LogP contribution < -0.4 is 11.2 Å². The van der Waals surface area contributed by atoms with E-state index in [1.165, 1.54) is 10.8 Å². The highest BCUT2D eigenvalue weighted by molar-refractivity contribution is 7.55. The molecule has 0 aliphatic carbocycles. The van der Waals surface area contributed by atoms with Gasteiger partial charge in [-0.15, -0.1) is 10.2 Å². The van der Waals surface area contributed by atoms with Crippen molar-refractivity contribution in [2.45, 2.75) is 19.3 Å². The van der Waals surface area contributed by atoms with Gasteiger partial charge in [-0.2, -0.15) is 5.21 Å². The Hall–Kier alpha value is -3.49. The monoisotopic (exact) mass is 573 g/mol. The number of carbonyl (C=O) groups excluding carboxylic acids is 1. The molecule has 0 bridgehead atoms. The van der Waals surface area contributed by atoms with E-state index in [0.29, 0.717) is 56.2 Å². The van der Waals surface area contributed by atoms with E-state index in [1.54, 1.807) is 47.4 Å². The largest absolute Gasteiger partial charge is 0.350 e. The molecule has 0 radical (unpaired) electrons. The summed E-state index contributed by atoms with van der Waals surface area (Å²) in [6, 6.07) is 7.00. The first-order valence-corrected chi connectivity index (χ1v) is 14.9. The van der Waals surface area contributed by atoms with Crippen LogP contribution in [0, 0.1) is 6.92 Å². The van der Waals surface area contributed by atoms with Crippen molar-refractivity contribution < 1.29 is 18.6 Å². The van der Waals surface area contributed by atoms with Gasteiger partial charge in [0.1, 0.15) is 0 Å². The highest BCUT2D eigenvalue weighted by Gasteiger charge is 2.34. The molecule has 2 saturated heterocycles. The van der Waals surface area contributed by atoms with E-state index in [1.807, 2.05) is 11.9 Å². The van der Waals surface area contributed by atoms with Gasteiger partial charge in [-0.1, -0.05) is 12.1 Å². The van der Waals surface area contributed by atoms with Crippen molar-refractivity contribution in [2.24, 2.45) is 0 Å². The van der Waals surface area contributed by atoms with Crippen molar-refractivity contribution in [2.75, 3.05) is 59.6 Å². The van der Waals surface area contributed by atoms with Crippen LogP contribution in [0.25, 0.3) is 11.4 Å². The quantitative estimate of drug-likeness (QED) is 0.369. The standard InChI is InChI=1S/C24H32N9O6P/c1-16-12-33(24(36)25-22(16)34)20-14-30(2)13-19(39-20)15-38-40(3,37)32-10-8-31(9-11-32)23(35)18-6-4-17(5-7-18)21-26-28-29-27-21/h4-7,12,19-20H,8-11,13-15H2,1-3H3,(H,25,34,36)(H,26,27,28,29)/t19-,20?,40-/m0/s1. The van der Waals surface area contributed by atoms with Gasteiger partial charge >= 0.3 is 5.69 Å². The van der Waals surface area contributed by atoms with E-state index in [-0.39, 0.29) is 12.5 Å². The smallest absolute Gasteiger partial charge is 0.330 e. The number of nitrogens with one attached hydrogen (secondary N) is 2. The summed E-state index contributed by atoms with van der Waals surface area (Å²) in [6.07, 6.45) is 0.424. The maximum Gasteiger partial charge on any atom is 0.330 e.